The summed E-state index contributed by atoms with van der Waals surface area (Å²) in [5.41, 5.74) is 7.93. The van der Waals surface area contributed by atoms with Crippen LogP contribution in [0.1, 0.15) is 10.4 Å². The molecule has 0 saturated heterocycles. The van der Waals surface area contributed by atoms with E-state index in [1.807, 2.05) is 23.9 Å². The summed E-state index contributed by atoms with van der Waals surface area (Å²) in [6.45, 7) is 2.07. The van der Waals surface area contributed by atoms with Crippen molar-refractivity contribution in [3.05, 3.63) is 44.6 Å². The number of nitrogens with two attached hydrogens (primary N) is 1. The molecule has 2 aromatic rings. The molecule has 2 rings (SSSR count). The predicted molar refractivity (Wildman–Crippen MR) is 77.2 cm³/mol. The maximum atomic E-state index is 5.88. The number of thioether (sulfide) groups is 1. The summed E-state index contributed by atoms with van der Waals surface area (Å²) in [5, 5.41) is 2.11. The van der Waals surface area contributed by atoms with Crippen LogP contribution in [0.3, 0.4) is 0 Å². The van der Waals surface area contributed by atoms with Gasteiger partial charge in [0.25, 0.3) is 0 Å². The number of nitrogen functional groups attached to an aromatic ring is 1. The molecule has 0 saturated carbocycles. The smallest absolute Gasteiger partial charge is 0.0354 e. The van der Waals surface area contributed by atoms with Gasteiger partial charge in [0.2, 0.25) is 0 Å². The van der Waals surface area contributed by atoms with E-state index in [1.165, 1.54) is 15.3 Å². The van der Waals surface area contributed by atoms with Crippen LogP contribution in [0.15, 0.2) is 39.0 Å². The molecule has 0 amide bonds. The summed E-state index contributed by atoms with van der Waals surface area (Å²) < 4.78 is 1.16. The fraction of sp³-hybridized carbons (Fsp3) is 0.167. The summed E-state index contributed by atoms with van der Waals surface area (Å²) in [4.78, 5) is 2.64. The number of rotatable bonds is 3. The average molecular weight is 314 g/mol. The Kier molecular flexibility index (Phi) is 3.95. The van der Waals surface area contributed by atoms with Crippen LogP contribution in [-0.2, 0) is 5.75 Å². The molecule has 0 aliphatic rings. The molecular weight excluding hydrogens is 302 g/mol. The number of benzene rings is 1. The standard InChI is InChI=1S/C12H12BrNS2/c1-8-11(14)3-2-4-12(8)16-7-10-5-9(13)6-15-10/h2-6H,7,14H2,1H3. The van der Waals surface area contributed by atoms with Crippen molar-refractivity contribution in [2.75, 3.05) is 5.73 Å². The van der Waals surface area contributed by atoms with Gasteiger partial charge in [-0.1, -0.05) is 6.07 Å². The lowest BCUT2D eigenvalue weighted by atomic mass is 10.2. The minimum atomic E-state index is 0.873. The topological polar surface area (TPSA) is 26.0 Å². The summed E-state index contributed by atoms with van der Waals surface area (Å²) in [6.07, 6.45) is 0. The molecule has 2 N–H and O–H groups in total. The first-order valence-corrected chi connectivity index (χ1v) is 7.53. The van der Waals surface area contributed by atoms with E-state index in [-0.39, 0.29) is 0 Å². The first kappa shape index (κ1) is 12.0. The number of hydrogen-bond donors (Lipinski definition) is 1. The Bertz CT molecular complexity index is 494. The van der Waals surface area contributed by atoms with Crippen molar-refractivity contribution in [3.8, 4) is 0 Å². The number of thiophene rings is 1. The molecule has 1 heterocycles. The van der Waals surface area contributed by atoms with E-state index in [9.17, 15) is 0 Å². The van der Waals surface area contributed by atoms with Gasteiger partial charge in [-0.05, 0) is 46.6 Å². The van der Waals surface area contributed by atoms with Crippen LogP contribution in [0.2, 0.25) is 0 Å². The average Bonchev–Trinajstić information content (AvgIpc) is 2.67. The lowest BCUT2D eigenvalue weighted by molar-refractivity contribution is 1.30. The maximum Gasteiger partial charge on any atom is 0.0354 e. The fourth-order valence-electron chi connectivity index (χ4n) is 1.37. The molecule has 0 aliphatic carbocycles. The van der Waals surface area contributed by atoms with Gasteiger partial charge in [-0.2, -0.15) is 0 Å². The third-order valence-corrected chi connectivity index (χ3v) is 5.41. The molecular formula is C12H12BrNS2. The van der Waals surface area contributed by atoms with Gasteiger partial charge in [0.05, 0.1) is 0 Å². The molecule has 0 atom stereocenters. The summed E-state index contributed by atoms with van der Waals surface area (Å²) in [5.74, 6) is 1.00. The van der Waals surface area contributed by atoms with E-state index in [0.29, 0.717) is 0 Å². The van der Waals surface area contributed by atoms with Crippen LogP contribution in [0.25, 0.3) is 0 Å². The molecule has 4 heteroatoms. The molecule has 0 fully saturated rings. The zero-order chi connectivity index (χ0) is 11.5. The van der Waals surface area contributed by atoms with Gasteiger partial charge in [0, 0.05) is 31.1 Å². The van der Waals surface area contributed by atoms with Crippen LogP contribution in [0.4, 0.5) is 5.69 Å². The second-order valence-corrected chi connectivity index (χ2v) is 6.42. The van der Waals surface area contributed by atoms with Crippen molar-refractivity contribution in [1.82, 2.24) is 0 Å². The predicted octanol–water partition coefficient (Wildman–Crippen LogP) is 4.69. The second kappa shape index (κ2) is 5.25. The molecule has 0 unspecified atom stereocenters. The highest BCUT2D eigenvalue weighted by Gasteiger charge is 2.03. The molecule has 0 aliphatic heterocycles. The van der Waals surface area contributed by atoms with E-state index in [1.54, 1.807) is 11.3 Å². The Morgan fingerprint density at radius 3 is 2.94 bits per heavy atom. The maximum absolute atomic E-state index is 5.88. The van der Waals surface area contributed by atoms with Gasteiger partial charge in [0.1, 0.15) is 0 Å². The summed E-state index contributed by atoms with van der Waals surface area (Å²) in [6, 6.07) is 8.24. The largest absolute Gasteiger partial charge is 0.398 e. The van der Waals surface area contributed by atoms with Gasteiger partial charge >= 0.3 is 0 Å². The Morgan fingerprint density at radius 1 is 1.44 bits per heavy atom. The second-order valence-electron chi connectivity index (χ2n) is 3.49. The van der Waals surface area contributed by atoms with Crippen molar-refractivity contribution in [1.29, 1.82) is 0 Å². The van der Waals surface area contributed by atoms with Crippen molar-refractivity contribution >= 4 is 44.7 Å². The quantitative estimate of drug-likeness (QED) is 0.657. The Morgan fingerprint density at radius 2 is 2.25 bits per heavy atom. The Balaban J connectivity index is 2.07. The van der Waals surface area contributed by atoms with E-state index >= 15 is 0 Å². The van der Waals surface area contributed by atoms with Crippen LogP contribution in [0.5, 0.6) is 0 Å². The Labute approximate surface area is 112 Å². The Hall–Kier alpha value is -0.450. The van der Waals surface area contributed by atoms with Crippen LogP contribution in [0, 0.1) is 6.92 Å². The van der Waals surface area contributed by atoms with Crippen molar-refractivity contribution in [3.63, 3.8) is 0 Å². The van der Waals surface area contributed by atoms with Gasteiger partial charge in [-0.3, -0.25) is 0 Å². The first-order valence-electron chi connectivity index (χ1n) is 4.87. The SMILES string of the molecule is Cc1c(N)cccc1SCc1cc(Br)cs1. The van der Waals surface area contributed by atoms with Gasteiger partial charge in [0.15, 0.2) is 0 Å². The minimum absolute atomic E-state index is 0.873. The molecule has 1 nitrogen and oxygen atoms in total. The van der Waals surface area contributed by atoms with E-state index in [2.05, 4.69) is 40.4 Å². The van der Waals surface area contributed by atoms with Gasteiger partial charge < -0.3 is 5.73 Å². The number of halogens is 1. The highest BCUT2D eigenvalue weighted by atomic mass is 79.9. The van der Waals surface area contributed by atoms with E-state index in [4.69, 9.17) is 5.73 Å². The highest BCUT2D eigenvalue weighted by molar-refractivity contribution is 9.10. The highest BCUT2D eigenvalue weighted by Crippen LogP contribution is 2.31. The van der Waals surface area contributed by atoms with Crippen molar-refractivity contribution < 1.29 is 0 Å². The third-order valence-electron chi connectivity index (χ3n) is 2.32. The zero-order valence-corrected chi connectivity index (χ0v) is 12.1. The fourth-order valence-corrected chi connectivity index (χ4v) is 3.94. The lowest BCUT2D eigenvalue weighted by Gasteiger charge is -2.06. The van der Waals surface area contributed by atoms with Crippen LogP contribution < -0.4 is 5.73 Å². The third kappa shape index (κ3) is 2.81. The number of anilines is 1. The van der Waals surface area contributed by atoms with Gasteiger partial charge in [-0.15, -0.1) is 23.1 Å². The molecule has 1 aromatic carbocycles. The molecule has 16 heavy (non-hydrogen) atoms. The summed E-state index contributed by atoms with van der Waals surface area (Å²) in [7, 11) is 0. The molecule has 0 spiro atoms. The van der Waals surface area contributed by atoms with Crippen molar-refractivity contribution in [2.45, 2.75) is 17.6 Å². The van der Waals surface area contributed by atoms with Gasteiger partial charge in [-0.25, -0.2) is 0 Å². The molecule has 84 valence electrons. The zero-order valence-electron chi connectivity index (χ0n) is 8.87. The summed E-state index contributed by atoms with van der Waals surface area (Å²) >= 11 is 7.08. The van der Waals surface area contributed by atoms with E-state index in [0.717, 1.165) is 15.9 Å². The van der Waals surface area contributed by atoms with Crippen LogP contribution in [-0.4, -0.2) is 0 Å². The van der Waals surface area contributed by atoms with E-state index < -0.39 is 0 Å². The van der Waals surface area contributed by atoms with Crippen molar-refractivity contribution in [2.24, 2.45) is 0 Å². The number of hydrogen-bond acceptors (Lipinski definition) is 3. The molecule has 0 radical (unpaired) electrons. The molecule has 0 bridgehead atoms. The molecule has 1 aromatic heterocycles. The first-order chi connectivity index (χ1) is 7.66. The van der Waals surface area contributed by atoms with Crippen LogP contribution >= 0.6 is 39.0 Å². The monoisotopic (exact) mass is 313 g/mol. The minimum Gasteiger partial charge on any atom is -0.398 e. The lowest BCUT2D eigenvalue weighted by Crippen LogP contribution is -1.90. The normalized spacial score (nSPS) is 10.6.